The lowest BCUT2D eigenvalue weighted by molar-refractivity contribution is -0.479. The van der Waals surface area contributed by atoms with E-state index in [-0.39, 0.29) is 0 Å². The summed E-state index contributed by atoms with van der Waals surface area (Å²) < 4.78 is 328. The minimum absolute atomic E-state index is 1.76. The van der Waals surface area contributed by atoms with Crippen LogP contribution in [-0.4, -0.2) is 74.6 Å². The van der Waals surface area contributed by atoms with Gasteiger partial charge in [-0.3, -0.25) is 13.3 Å². The number of halogens is 26. The summed E-state index contributed by atoms with van der Waals surface area (Å²) in [6, 6.07) is 0. The molecule has 0 aromatic carbocycles. The molecule has 248 valence electrons. The molecule has 0 N–H and O–H groups in total. The SMILES string of the molecule is FC(F)(F)O[Si](Cl)(OC(F)(F)F)OC(F)(F)C(F)(F)C(F)(F)C(F)(F)C(F)(F)C(F)(F)C(F)(F)C(F)(F)C(F)(F)F. The van der Waals surface area contributed by atoms with Crippen molar-refractivity contribution in [2.75, 3.05) is 0 Å². The normalized spacial score (nSPS) is 16.8. The van der Waals surface area contributed by atoms with Crippen LogP contribution in [0.2, 0.25) is 0 Å². The number of hydrogen-bond acceptors (Lipinski definition) is 3. The zero-order valence-corrected chi connectivity index (χ0v) is 18.8. The summed E-state index contributed by atoms with van der Waals surface area (Å²) >= 11 is 4.01. The maximum absolute atomic E-state index is 13.6. The number of hydrogen-bond donors (Lipinski definition) is 0. The van der Waals surface area contributed by atoms with Crippen molar-refractivity contribution in [1.82, 2.24) is 0 Å². The molecule has 0 unspecified atom stereocenters. The molecule has 0 atom stereocenters. The second-order valence-electron chi connectivity index (χ2n) is 6.71. The van der Waals surface area contributed by atoms with Crippen molar-refractivity contribution in [3.8, 4) is 0 Å². The van der Waals surface area contributed by atoms with Gasteiger partial charge in [-0.1, -0.05) is 11.1 Å². The Hall–Kier alpha value is -1.36. The van der Waals surface area contributed by atoms with Gasteiger partial charge in [-0.15, -0.1) is 26.3 Å². The first-order valence-corrected chi connectivity index (χ1v) is 10.9. The average Bonchev–Trinajstić information content (AvgIpc) is 2.61. The van der Waals surface area contributed by atoms with Crippen molar-refractivity contribution in [2.45, 2.75) is 66.5 Å². The van der Waals surface area contributed by atoms with Gasteiger partial charge in [0.25, 0.3) is 0 Å². The van der Waals surface area contributed by atoms with Crippen molar-refractivity contribution < 1.29 is 123 Å². The van der Waals surface area contributed by atoms with E-state index in [4.69, 9.17) is 0 Å². The van der Waals surface area contributed by atoms with Gasteiger partial charge in [-0.05, 0) is 0 Å². The molecule has 0 aliphatic carbocycles. The summed E-state index contributed by atoms with van der Waals surface area (Å²) in [5.41, 5.74) is 0. The predicted octanol–water partition coefficient (Wildman–Crippen LogP) is 8.35. The standard InChI is InChI=1S/C11ClF25O3Si/c12-41(39-10(32,33)34,40-11(35,36)37)38-9(30,31)7(25,26)5(21,22)3(17,18)1(13,14)2(15,16)4(19,20)6(23,24)8(27,28)29. The maximum Gasteiger partial charge on any atom is 0.630 e. The van der Waals surface area contributed by atoms with Gasteiger partial charge in [0.05, 0.1) is 0 Å². The molecule has 0 bridgehead atoms. The highest BCUT2D eigenvalue weighted by Crippen LogP contribution is 2.65. The highest BCUT2D eigenvalue weighted by molar-refractivity contribution is 7.09. The van der Waals surface area contributed by atoms with Crippen LogP contribution < -0.4 is 0 Å². The monoisotopic (exact) mass is 718 g/mol. The van der Waals surface area contributed by atoms with Crippen LogP contribution in [0.4, 0.5) is 110 Å². The molecule has 0 saturated carbocycles. The molecular weight excluding hydrogens is 719 g/mol. The zero-order valence-electron chi connectivity index (χ0n) is 17.1. The third-order valence-electron chi connectivity index (χ3n) is 3.81. The van der Waals surface area contributed by atoms with Crippen LogP contribution in [0.15, 0.2) is 0 Å². The van der Waals surface area contributed by atoms with E-state index in [1.165, 1.54) is 0 Å². The second-order valence-corrected chi connectivity index (χ2v) is 9.68. The van der Waals surface area contributed by atoms with Gasteiger partial charge in [-0.2, -0.15) is 83.4 Å². The third-order valence-corrected chi connectivity index (χ3v) is 5.96. The van der Waals surface area contributed by atoms with Crippen LogP contribution in [0, 0.1) is 0 Å². The second kappa shape index (κ2) is 10.1. The Bertz CT molecular complexity index is 917. The van der Waals surface area contributed by atoms with Gasteiger partial charge in [-0.25, -0.2) is 0 Å². The van der Waals surface area contributed by atoms with Crippen LogP contribution in [0.3, 0.4) is 0 Å². The van der Waals surface area contributed by atoms with E-state index in [0.717, 1.165) is 0 Å². The summed E-state index contributed by atoms with van der Waals surface area (Å²) in [5, 5.41) is 0. The van der Waals surface area contributed by atoms with E-state index in [2.05, 4.69) is 11.1 Å². The minimum Gasteiger partial charge on any atom is -0.296 e. The van der Waals surface area contributed by atoms with Gasteiger partial charge < -0.3 is 0 Å². The summed E-state index contributed by atoms with van der Waals surface area (Å²) in [6.07, 6.45) is -30.2. The highest BCUT2D eigenvalue weighted by Gasteiger charge is 2.97. The van der Waals surface area contributed by atoms with E-state index in [1.807, 2.05) is 8.85 Å². The molecule has 0 heterocycles. The fourth-order valence-electron chi connectivity index (χ4n) is 1.90. The molecule has 0 aliphatic heterocycles. The smallest absolute Gasteiger partial charge is 0.296 e. The van der Waals surface area contributed by atoms with Crippen LogP contribution in [0.25, 0.3) is 0 Å². The molecule has 0 amide bonds. The molecule has 0 spiro atoms. The van der Waals surface area contributed by atoms with Crippen LogP contribution in [0.5, 0.6) is 0 Å². The first-order chi connectivity index (χ1) is 17.1. The van der Waals surface area contributed by atoms with Crippen molar-refractivity contribution in [1.29, 1.82) is 0 Å². The molecule has 0 fully saturated rings. The summed E-state index contributed by atoms with van der Waals surface area (Å²) in [7, 11) is -8.33. The number of alkyl halides is 25. The Kier molecular flexibility index (Phi) is 9.76. The van der Waals surface area contributed by atoms with E-state index >= 15 is 0 Å². The zero-order chi connectivity index (χ0) is 34.1. The Morgan fingerprint density at radius 2 is 0.537 bits per heavy atom. The molecule has 0 radical (unpaired) electrons. The molecule has 0 aromatic heterocycles. The fourth-order valence-corrected chi connectivity index (χ4v) is 3.83. The van der Waals surface area contributed by atoms with Crippen molar-refractivity contribution in [2.24, 2.45) is 0 Å². The predicted molar refractivity (Wildman–Crippen MR) is 72.6 cm³/mol. The third kappa shape index (κ3) is 6.60. The molecule has 41 heavy (non-hydrogen) atoms. The van der Waals surface area contributed by atoms with Crippen molar-refractivity contribution in [3.63, 3.8) is 0 Å². The quantitative estimate of drug-likeness (QED) is 0.122. The molecule has 0 aliphatic rings. The Labute approximate surface area is 210 Å². The Morgan fingerprint density at radius 3 is 0.756 bits per heavy atom. The van der Waals surface area contributed by atoms with E-state index in [1.54, 1.807) is 4.43 Å². The van der Waals surface area contributed by atoms with E-state index in [0.29, 0.717) is 0 Å². The highest BCUT2D eigenvalue weighted by atomic mass is 35.6. The van der Waals surface area contributed by atoms with Crippen molar-refractivity contribution in [3.05, 3.63) is 0 Å². The van der Waals surface area contributed by atoms with Gasteiger partial charge in [0, 0.05) is 0 Å². The summed E-state index contributed by atoms with van der Waals surface area (Å²) in [4.78, 5) is 0. The summed E-state index contributed by atoms with van der Waals surface area (Å²) in [6.45, 7) is 0. The van der Waals surface area contributed by atoms with E-state index in [9.17, 15) is 110 Å². The van der Waals surface area contributed by atoms with Gasteiger partial charge in [0.15, 0.2) is 0 Å². The maximum atomic E-state index is 13.6. The average molecular weight is 719 g/mol. The lowest BCUT2D eigenvalue weighted by Crippen LogP contribution is -2.76. The molecule has 30 heteroatoms. The molecule has 0 saturated heterocycles. The molecule has 0 rings (SSSR count). The largest absolute Gasteiger partial charge is 0.630 e. The van der Waals surface area contributed by atoms with Crippen LogP contribution >= 0.6 is 11.1 Å². The van der Waals surface area contributed by atoms with Crippen LogP contribution in [-0.2, 0) is 13.3 Å². The summed E-state index contributed by atoms with van der Waals surface area (Å²) in [5.74, 6) is -63.9. The fraction of sp³-hybridized carbons (Fsp3) is 1.00. The van der Waals surface area contributed by atoms with Crippen molar-refractivity contribution >= 4 is 19.2 Å². The molecular formula is C11ClF25O3Si. The lowest BCUT2D eigenvalue weighted by atomic mass is 9.88. The van der Waals surface area contributed by atoms with Gasteiger partial charge >= 0.3 is 74.6 Å². The van der Waals surface area contributed by atoms with Gasteiger partial charge in [0.2, 0.25) is 0 Å². The molecule has 3 nitrogen and oxygen atoms in total. The first kappa shape index (κ1) is 39.6. The topological polar surface area (TPSA) is 27.7 Å². The molecule has 0 aromatic rings. The Morgan fingerprint density at radius 1 is 0.317 bits per heavy atom. The first-order valence-electron chi connectivity index (χ1n) is 8.14. The van der Waals surface area contributed by atoms with E-state index < -0.39 is 74.6 Å². The Balaban J connectivity index is 7.07. The van der Waals surface area contributed by atoms with Gasteiger partial charge in [0.1, 0.15) is 0 Å². The lowest BCUT2D eigenvalue weighted by Gasteiger charge is -2.43. The van der Waals surface area contributed by atoms with Crippen LogP contribution in [0.1, 0.15) is 0 Å². The minimum atomic E-state index is -9.41. The number of rotatable bonds is 11.